The highest BCUT2D eigenvalue weighted by Crippen LogP contribution is 2.45. The maximum atomic E-state index is 12.6. The van der Waals surface area contributed by atoms with Gasteiger partial charge in [0, 0.05) is 34.8 Å². The molecule has 0 spiro atoms. The number of nitrogens with zero attached hydrogens (tertiary/aromatic N) is 1. The lowest BCUT2D eigenvalue weighted by atomic mass is 9.74. The number of carbonyl (C=O) groups is 1. The Balaban J connectivity index is 1.49. The lowest BCUT2D eigenvalue weighted by Gasteiger charge is -2.40. The van der Waals surface area contributed by atoms with Gasteiger partial charge in [0.2, 0.25) is 5.91 Å². The third-order valence-corrected chi connectivity index (χ3v) is 9.89. The van der Waals surface area contributed by atoms with Gasteiger partial charge in [-0.3, -0.25) is 4.79 Å². The van der Waals surface area contributed by atoms with Gasteiger partial charge < -0.3 is 15.3 Å². The highest BCUT2D eigenvalue weighted by Gasteiger charge is 2.38. The van der Waals surface area contributed by atoms with Crippen molar-refractivity contribution in [2.75, 3.05) is 10.2 Å². The number of rotatable bonds is 5. The van der Waals surface area contributed by atoms with Gasteiger partial charge in [0.05, 0.1) is 6.04 Å². The van der Waals surface area contributed by atoms with Crippen LogP contribution in [0.15, 0.2) is 66.7 Å². The topological polar surface area (TPSA) is 52.6 Å². The molecule has 1 fully saturated rings. The number of aliphatic hydroxyl groups is 1. The molecule has 2 N–H and O–H groups in total. The summed E-state index contributed by atoms with van der Waals surface area (Å²) in [6.45, 7) is 3.75. The maximum Gasteiger partial charge on any atom is 0.224 e. The van der Waals surface area contributed by atoms with Gasteiger partial charge in [-0.05, 0) is 84.8 Å². The van der Waals surface area contributed by atoms with Crippen molar-refractivity contribution in [1.82, 2.24) is 0 Å². The summed E-state index contributed by atoms with van der Waals surface area (Å²) in [7, 11) is 0. The van der Waals surface area contributed by atoms with Crippen molar-refractivity contribution in [1.29, 1.82) is 0 Å². The summed E-state index contributed by atoms with van der Waals surface area (Å²) in [5.74, 6) is 0.0619. The van der Waals surface area contributed by atoms with Crippen molar-refractivity contribution < 1.29 is 9.90 Å². The average molecular weight is 643 g/mol. The van der Waals surface area contributed by atoms with E-state index >= 15 is 0 Å². The molecule has 1 aliphatic carbocycles. The minimum absolute atomic E-state index is 0.0619. The molecule has 1 amide bonds. The van der Waals surface area contributed by atoms with Gasteiger partial charge >= 0.3 is 0 Å². The Bertz CT molecular complexity index is 1270. The van der Waals surface area contributed by atoms with Crippen molar-refractivity contribution in [3.63, 3.8) is 0 Å². The Morgan fingerprint density at radius 1 is 1.00 bits per heavy atom. The van der Waals surface area contributed by atoms with E-state index in [4.69, 9.17) is 11.6 Å². The van der Waals surface area contributed by atoms with Crippen LogP contribution in [0.3, 0.4) is 0 Å². The van der Waals surface area contributed by atoms with Gasteiger partial charge in [-0.1, -0.05) is 90.2 Å². The average Bonchev–Trinajstić information content (AvgIpc) is 3.17. The minimum Gasteiger partial charge on any atom is -0.382 e. The molecule has 0 saturated heterocycles. The number of anilines is 2. The third kappa shape index (κ3) is 5.47. The second-order valence-corrected chi connectivity index (χ2v) is 12.6. The van der Waals surface area contributed by atoms with Crippen LogP contribution >= 0.6 is 34.2 Å². The number of fused-ring (bicyclic) bond motifs is 1. The summed E-state index contributed by atoms with van der Waals surface area (Å²) >= 11 is 8.32. The van der Waals surface area contributed by atoms with Gasteiger partial charge in [0.25, 0.3) is 0 Å². The molecule has 3 aromatic rings. The molecular formula is C32H36ClIN2O2. The number of benzene rings is 3. The minimum atomic E-state index is -0.396. The van der Waals surface area contributed by atoms with E-state index in [9.17, 15) is 9.90 Å². The van der Waals surface area contributed by atoms with E-state index in [0.717, 1.165) is 47.3 Å². The number of hydrogen-bond acceptors (Lipinski definition) is 3. The number of halogens is 2. The molecule has 3 atom stereocenters. The summed E-state index contributed by atoms with van der Waals surface area (Å²) in [5.41, 5.74) is 6.43. The number of carbonyl (C=O) groups excluding carboxylic acids is 1. The van der Waals surface area contributed by atoms with E-state index in [1.54, 1.807) is 6.92 Å². The Hall–Kier alpha value is -2.09. The first-order valence-corrected chi connectivity index (χ1v) is 15.3. The zero-order chi connectivity index (χ0) is 26.9. The highest BCUT2D eigenvalue weighted by molar-refractivity contribution is 14.1. The van der Waals surface area contributed by atoms with Crippen LogP contribution in [0, 0.1) is 0 Å². The number of hydrogen-bond donors (Lipinski definition) is 2. The molecule has 1 saturated carbocycles. The summed E-state index contributed by atoms with van der Waals surface area (Å²) < 4.78 is -0.396. The maximum absolute atomic E-state index is 12.6. The number of aliphatic hydroxyl groups excluding tert-OH is 1. The van der Waals surface area contributed by atoms with Crippen LogP contribution in [0.1, 0.15) is 76.0 Å². The third-order valence-electron chi connectivity index (χ3n) is 8.45. The van der Waals surface area contributed by atoms with E-state index in [-0.39, 0.29) is 23.4 Å². The van der Waals surface area contributed by atoms with Crippen LogP contribution in [0.4, 0.5) is 11.4 Å². The van der Waals surface area contributed by atoms with E-state index in [2.05, 4.69) is 77.3 Å². The quantitative estimate of drug-likeness (QED) is 0.166. The molecule has 0 radical (unpaired) electrons. The largest absolute Gasteiger partial charge is 0.382 e. The second kappa shape index (κ2) is 11.6. The second-order valence-electron chi connectivity index (χ2n) is 10.9. The van der Waals surface area contributed by atoms with E-state index in [0.29, 0.717) is 5.02 Å². The van der Waals surface area contributed by atoms with Crippen LogP contribution in [-0.4, -0.2) is 21.2 Å². The van der Waals surface area contributed by atoms with Crippen molar-refractivity contribution in [2.24, 2.45) is 0 Å². The lowest BCUT2D eigenvalue weighted by Crippen LogP contribution is -2.43. The molecule has 1 unspecified atom stereocenters. The van der Waals surface area contributed by atoms with Gasteiger partial charge in [-0.15, -0.1) is 0 Å². The predicted molar refractivity (Wildman–Crippen MR) is 166 cm³/mol. The Morgan fingerprint density at radius 3 is 2.24 bits per heavy atom. The van der Waals surface area contributed by atoms with Crippen molar-refractivity contribution >= 4 is 51.5 Å². The SMILES string of the molecule is CC(=O)N1c2ccc(-c3ccc(C4(C(O)I)CCCCCC4)cc3)cc2[C@H](Nc2ccc(Cl)cc2)C[C@@H]1C. The smallest absolute Gasteiger partial charge is 0.224 e. The molecule has 1 heterocycles. The van der Waals surface area contributed by atoms with Crippen molar-refractivity contribution in [2.45, 2.75) is 80.4 Å². The van der Waals surface area contributed by atoms with Crippen molar-refractivity contribution in [3.8, 4) is 11.1 Å². The monoisotopic (exact) mass is 642 g/mol. The van der Waals surface area contributed by atoms with Crippen LogP contribution < -0.4 is 10.2 Å². The van der Waals surface area contributed by atoms with Crippen molar-refractivity contribution in [3.05, 3.63) is 82.9 Å². The number of alkyl halides is 1. The van der Waals surface area contributed by atoms with Gasteiger partial charge in [-0.2, -0.15) is 0 Å². The Labute approximate surface area is 244 Å². The van der Waals surface area contributed by atoms with Crippen LogP contribution in [-0.2, 0) is 10.2 Å². The summed E-state index contributed by atoms with van der Waals surface area (Å²) in [6, 6.07) is 23.2. The fourth-order valence-corrected chi connectivity index (χ4v) is 7.53. The molecule has 4 nitrogen and oxygen atoms in total. The fraction of sp³-hybridized carbons (Fsp3) is 0.406. The summed E-state index contributed by atoms with van der Waals surface area (Å²) in [4.78, 5) is 14.5. The zero-order valence-corrected chi connectivity index (χ0v) is 25.0. The Morgan fingerprint density at radius 2 is 1.63 bits per heavy atom. The molecule has 38 heavy (non-hydrogen) atoms. The molecule has 1 aliphatic heterocycles. The van der Waals surface area contributed by atoms with Gasteiger partial charge in [0.1, 0.15) is 4.11 Å². The summed E-state index contributed by atoms with van der Waals surface area (Å²) in [5, 5.41) is 15.2. The normalized spacial score (nSPS) is 21.8. The summed E-state index contributed by atoms with van der Waals surface area (Å²) in [6.07, 6.45) is 7.71. The fourth-order valence-electron chi connectivity index (χ4n) is 6.43. The molecule has 2 aliphatic rings. The first-order valence-electron chi connectivity index (χ1n) is 13.7. The van der Waals surface area contributed by atoms with Gasteiger partial charge in [0.15, 0.2) is 0 Å². The van der Waals surface area contributed by atoms with Crippen LogP contribution in [0.2, 0.25) is 5.02 Å². The molecular weight excluding hydrogens is 607 g/mol. The molecule has 5 rings (SSSR count). The predicted octanol–water partition coefficient (Wildman–Crippen LogP) is 8.65. The molecule has 0 bridgehead atoms. The molecule has 3 aromatic carbocycles. The molecule has 6 heteroatoms. The number of amides is 1. The van der Waals surface area contributed by atoms with Crippen LogP contribution in [0.25, 0.3) is 11.1 Å². The van der Waals surface area contributed by atoms with Gasteiger partial charge in [-0.25, -0.2) is 0 Å². The number of nitrogens with one attached hydrogen (secondary N) is 1. The lowest BCUT2D eigenvalue weighted by molar-refractivity contribution is -0.117. The van der Waals surface area contributed by atoms with Crippen LogP contribution in [0.5, 0.6) is 0 Å². The molecule has 200 valence electrons. The van der Waals surface area contributed by atoms with E-state index in [1.807, 2.05) is 29.2 Å². The first-order chi connectivity index (χ1) is 18.3. The van der Waals surface area contributed by atoms with E-state index < -0.39 is 4.11 Å². The first kappa shape index (κ1) is 27.5. The zero-order valence-electron chi connectivity index (χ0n) is 22.1. The Kier molecular flexibility index (Phi) is 8.36. The standard InChI is InChI=1S/C32H36ClIN2O2/c1-21-19-29(35-27-14-12-26(33)13-15-27)28-20-24(9-16-30(28)36(21)22(2)37)23-7-10-25(11-8-23)32(31(34)38)17-5-3-4-6-18-32/h7-16,20-21,29,31,35,38H,3-6,17-19H2,1-2H3/t21-,29+,31?/m0/s1. The molecule has 0 aromatic heterocycles. The van der Waals surface area contributed by atoms with E-state index in [1.165, 1.54) is 31.2 Å². The highest BCUT2D eigenvalue weighted by atomic mass is 127.